The van der Waals surface area contributed by atoms with Gasteiger partial charge >= 0.3 is 0 Å². The Balaban J connectivity index is 2.17. The molecule has 0 fully saturated rings. The molecule has 3 nitrogen and oxygen atoms in total. The molecule has 0 bridgehead atoms. The van der Waals surface area contributed by atoms with E-state index in [4.69, 9.17) is 5.73 Å². The van der Waals surface area contributed by atoms with Gasteiger partial charge in [-0.25, -0.2) is 4.39 Å². The zero-order valence-corrected chi connectivity index (χ0v) is 11.1. The van der Waals surface area contributed by atoms with Gasteiger partial charge in [0.2, 0.25) is 5.91 Å². The van der Waals surface area contributed by atoms with Crippen molar-refractivity contribution in [1.29, 1.82) is 0 Å². The number of nitrogens with one attached hydrogen (secondary N) is 1. The van der Waals surface area contributed by atoms with Gasteiger partial charge < -0.3 is 11.1 Å². The van der Waals surface area contributed by atoms with E-state index in [0.29, 0.717) is 6.54 Å². The van der Waals surface area contributed by atoms with Crippen molar-refractivity contribution in [3.05, 3.63) is 29.6 Å². The van der Waals surface area contributed by atoms with Crippen LogP contribution in [0.3, 0.4) is 0 Å². The molecule has 1 amide bonds. The number of amides is 1. The summed E-state index contributed by atoms with van der Waals surface area (Å²) in [4.78, 5) is 12.9. The van der Waals surface area contributed by atoms with Gasteiger partial charge in [-0.05, 0) is 30.2 Å². The van der Waals surface area contributed by atoms with Crippen molar-refractivity contribution in [2.24, 2.45) is 11.7 Å². The van der Waals surface area contributed by atoms with Crippen LogP contribution in [0.15, 0.2) is 23.1 Å². The van der Waals surface area contributed by atoms with E-state index < -0.39 is 0 Å². The van der Waals surface area contributed by atoms with Gasteiger partial charge in [0.25, 0.3) is 0 Å². The van der Waals surface area contributed by atoms with Crippen LogP contribution in [0.2, 0.25) is 0 Å². The minimum absolute atomic E-state index is 0.0652. The summed E-state index contributed by atoms with van der Waals surface area (Å²) in [6.07, 6.45) is 0.824. The lowest BCUT2D eigenvalue weighted by Gasteiger charge is -2.27. The van der Waals surface area contributed by atoms with Gasteiger partial charge in [-0.15, -0.1) is 11.8 Å². The molecule has 18 heavy (non-hydrogen) atoms. The van der Waals surface area contributed by atoms with Gasteiger partial charge in [0.05, 0.1) is 6.04 Å². The first-order valence-electron chi connectivity index (χ1n) is 6.04. The second-order valence-electron chi connectivity index (χ2n) is 4.52. The third-order valence-electron chi connectivity index (χ3n) is 3.13. The topological polar surface area (TPSA) is 55.1 Å². The fourth-order valence-electron chi connectivity index (χ4n) is 1.94. The maximum absolute atomic E-state index is 13.3. The highest BCUT2D eigenvalue weighted by Crippen LogP contribution is 2.36. The lowest BCUT2D eigenvalue weighted by molar-refractivity contribution is -0.125. The van der Waals surface area contributed by atoms with Gasteiger partial charge in [-0.2, -0.15) is 0 Å². The fourth-order valence-corrected chi connectivity index (χ4v) is 3.04. The SMILES string of the molecule is CC(CN)C(=O)NC1CCSc2ccc(F)cc21. The second-order valence-corrected chi connectivity index (χ2v) is 5.65. The molecule has 98 valence electrons. The average Bonchev–Trinajstić information content (AvgIpc) is 2.38. The van der Waals surface area contributed by atoms with E-state index in [1.54, 1.807) is 24.8 Å². The highest BCUT2D eigenvalue weighted by molar-refractivity contribution is 7.99. The number of thioether (sulfide) groups is 1. The summed E-state index contributed by atoms with van der Waals surface area (Å²) in [6, 6.07) is 4.65. The van der Waals surface area contributed by atoms with E-state index in [9.17, 15) is 9.18 Å². The Hall–Kier alpha value is -1.07. The number of hydrogen-bond donors (Lipinski definition) is 2. The van der Waals surface area contributed by atoms with Gasteiger partial charge in [0.15, 0.2) is 0 Å². The van der Waals surface area contributed by atoms with Crippen LogP contribution < -0.4 is 11.1 Å². The summed E-state index contributed by atoms with van der Waals surface area (Å²) in [5, 5.41) is 2.95. The molecule has 0 aromatic heterocycles. The Kier molecular flexibility index (Phi) is 4.24. The van der Waals surface area contributed by atoms with Crippen LogP contribution >= 0.6 is 11.8 Å². The Morgan fingerprint density at radius 3 is 3.17 bits per heavy atom. The Morgan fingerprint density at radius 2 is 2.44 bits per heavy atom. The predicted octanol–water partition coefficient (Wildman–Crippen LogP) is 2.07. The van der Waals surface area contributed by atoms with Crippen LogP contribution in [0.1, 0.15) is 24.9 Å². The molecule has 0 aliphatic carbocycles. The molecular weight excluding hydrogens is 251 g/mol. The van der Waals surface area contributed by atoms with E-state index in [1.165, 1.54) is 12.1 Å². The van der Waals surface area contributed by atoms with Crippen LogP contribution in [0, 0.1) is 11.7 Å². The first kappa shape index (κ1) is 13.4. The standard InChI is InChI=1S/C13H17FN2OS/c1-8(7-15)13(17)16-11-4-5-18-12-3-2-9(14)6-10(11)12/h2-3,6,8,11H,4-5,7,15H2,1H3,(H,16,17). The van der Waals surface area contributed by atoms with Crippen LogP contribution in [-0.4, -0.2) is 18.2 Å². The van der Waals surface area contributed by atoms with Crippen molar-refractivity contribution >= 4 is 17.7 Å². The summed E-state index contributed by atoms with van der Waals surface area (Å²) in [5.41, 5.74) is 6.35. The zero-order valence-electron chi connectivity index (χ0n) is 10.3. The molecule has 5 heteroatoms. The van der Waals surface area contributed by atoms with Crippen molar-refractivity contribution in [2.45, 2.75) is 24.3 Å². The number of hydrogen-bond acceptors (Lipinski definition) is 3. The molecule has 2 atom stereocenters. The second kappa shape index (κ2) is 5.71. The molecule has 1 aliphatic heterocycles. The summed E-state index contributed by atoms with van der Waals surface area (Å²) in [6.45, 7) is 2.11. The normalized spacial score (nSPS) is 20.1. The molecule has 2 unspecified atom stereocenters. The lowest BCUT2D eigenvalue weighted by atomic mass is 10.0. The summed E-state index contributed by atoms with van der Waals surface area (Å²) in [5.74, 6) is 0.393. The van der Waals surface area contributed by atoms with Crippen LogP contribution in [0.5, 0.6) is 0 Å². The molecule has 1 aromatic rings. The summed E-state index contributed by atoms with van der Waals surface area (Å²) >= 11 is 1.70. The number of fused-ring (bicyclic) bond motifs is 1. The van der Waals surface area contributed by atoms with Crippen LogP contribution in [0.4, 0.5) is 4.39 Å². The first-order chi connectivity index (χ1) is 8.61. The minimum Gasteiger partial charge on any atom is -0.349 e. The third kappa shape index (κ3) is 2.84. The number of nitrogens with two attached hydrogens (primary N) is 1. The zero-order chi connectivity index (χ0) is 13.1. The lowest BCUT2D eigenvalue weighted by Crippen LogP contribution is -2.37. The van der Waals surface area contributed by atoms with Crippen molar-refractivity contribution in [2.75, 3.05) is 12.3 Å². The van der Waals surface area contributed by atoms with E-state index in [-0.39, 0.29) is 23.7 Å². The van der Waals surface area contributed by atoms with Gasteiger partial charge in [-0.1, -0.05) is 6.92 Å². The number of halogens is 1. The Labute approximate surface area is 110 Å². The molecule has 1 aromatic carbocycles. The van der Waals surface area contributed by atoms with Crippen LogP contribution in [-0.2, 0) is 4.79 Å². The van der Waals surface area contributed by atoms with Gasteiger partial charge in [0.1, 0.15) is 5.82 Å². The molecule has 0 saturated carbocycles. The highest BCUT2D eigenvalue weighted by Gasteiger charge is 2.24. The predicted molar refractivity (Wildman–Crippen MR) is 70.8 cm³/mol. The minimum atomic E-state index is -0.262. The summed E-state index contributed by atoms with van der Waals surface area (Å²) in [7, 11) is 0. The molecule has 0 saturated heterocycles. The number of benzene rings is 1. The molecule has 1 aliphatic rings. The van der Waals surface area contributed by atoms with Gasteiger partial charge in [0, 0.05) is 23.1 Å². The van der Waals surface area contributed by atoms with Crippen molar-refractivity contribution in [1.82, 2.24) is 5.32 Å². The molecule has 0 radical (unpaired) electrons. The van der Waals surface area contributed by atoms with Crippen molar-refractivity contribution < 1.29 is 9.18 Å². The van der Waals surface area contributed by atoms with E-state index in [0.717, 1.165) is 22.6 Å². The molecule has 2 rings (SSSR count). The first-order valence-corrected chi connectivity index (χ1v) is 7.03. The van der Waals surface area contributed by atoms with Crippen LogP contribution in [0.25, 0.3) is 0 Å². The number of carbonyl (C=O) groups is 1. The van der Waals surface area contributed by atoms with Crippen molar-refractivity contribution in [3.63, 3.8) is 0 Å². The third-order valence-corrected chi connectivity index (χ3v) is 4.25. The van der Waals surface area contributed by atoms with E-state index in [1.807, 2.05) is 0 Å². The smallest absolute Gasteiger partial charge is 0.224 e. The van der Waals surface area contributed by atoms with Crippen molar-refractivity contribution in [3.8, 4) is 0 Å². The molecule has 0 spiro atoms. The Morgan fingerprint density at radius 1 is 1.67 bits per heavy atom. The fraction of sp³-hybridized carbons (Fsp3) is 0.462. The quantitative estimate of drug-likeness (QED) is 0.882. The molecule has 3 N–H and O–H groups in total. The highest BCUT2D eigenvalue weighted by atomic mass is 32.2. The largest absolute Gasteiger partial charge is 0.349 e. The summed E-state index contributed by atoms with van der Waals surface area (Å²) < 4.78 is 13.3. The maximum atomic E-state index is 13.3. The molecular formula is C13H17FN2OS. The number of carbonyl (C=O) groups excluding carboxylic acids is 1. The average molecular weight is 268 g/mol. The number of rotatable bonds is 3. The monoisotopic (exact) mass is 268 g/mol. The van der Waals surface area contributed by atoms with Gasteiger partial charge in [-0.3, -0.25) is 4.79 Å². The molecule has 1 heterocycles. The Bertz CT molecular complexity index is 453. The van der Waals surface area contributed by atoms with E-state index >= 15 is 0 Å². The maximum Gasteiger partial charge on any atom is 0.224 e. The van der Waals surface area contributed by atoms with E-state index in [2.05, 4.69) is 5.32 Å².